The summed E-state index contributed by atoms with van der Waals surface area (Å²) in [7, 11) is 0. The minimum absolute atomic E-state index is 0.101. The Morgan fingerprint density at radius 3 is 1.76 bits per heavy atom. The molecule has 2 aromatic carbocycles. The molecule has 0 heterocycles. The van der Waals surface area contributed by atoms with Crippen molar-refractivity contribution < 1.29 is 43.7 Å². The molecule has 7 N–H and O–H groups in total. The lowest BCUT2D eigenvalue weighted by molar-refractivity contribution is -0.124. The topological polar surface area (TPSA) is 216 Å². The average Bonchev–Trinajstić information content (AvgIpc) is 3.06. The van der Waals surface area contributed by atoms with Gasteiger partial charge >= 0.3 is 0 Å². The predicted octanol–water partition coefficient (Wildman–Crippen LogP) is 2.25. The summed E-state index contributed by atoms with van der Waals surface area (Å²) < 4.78 is 11.2. The van der Waals surface area contributed by atoms with Gasteiger partial charge < -0.3 is 41.0 Å². The largest absolute Gasteiger partial charge is 0.492 e. The van der Waals surface area contributed by atoms with Gasteiger partial charge in [0.2, 0.25) is 17.7 Å². The Kier molecular flexibility index (Phi) is 15.3. The molecule has 0 spiro atoms. The molecule has 1 atom stereocenters. The fraction of sp³-hybridized carbons (Fsp3) is 0.405. The van der Waals surface area contributed by atoms with E-state index < -0.39 is 40.1 Å². The Bertz CT molecular complexity index is 1610. The van der Waals surface area contributed by atoms with Gasteiger partial charge in [0.25, 0.3) is 0 Å². The van der Waals surface area contributed by atoms with Gasteiger partial charge in [-0.25, -0.2) is 0 Å². The Hall–Kier alpha value is -5.34. The third-order valence-corrected chi connectivity index (χ3v) is 7.29. The number of carbonyl (C=O) groups is 5. The zero-order valence-corrected chi connectivity index (χ0v) is 30.0. The summed E-state index contributed by atoms with van der Waals surface area (Å²) in [4.78, 5) is 61.2. The first-order valence-electron chi connectivity index (χ1n) is 16.2. The summed E-state index contributed by atoms with van der Waals surface area (Å²) in [5.74, 6) is -1.32. The lowest BCUT2D eigenvalue weighted by Crippen LogP contribution is -2.55. The van der Waals surface area contributed by atoms with Crippen molar-refractivity contribution in [3.05, 3.63) is 84.0 Å². The van der Waals surface area contributed by atoms with Crippen molar-refractivity contribution in [1.82, 2.24) is 21.3 Å². The van der Waals surface area contributed by atoms with Gasteiger partial charge in [-0.2, -0.15) is 0 Å². The van der Waals surface area contributed by atoms with Crippen molar-refractivity contribution in [2.24, 2.45) is 0 Å². The van der Waals surface area contributed by atoms with E-state index in [2.05, 4.69) is 27.8 Å². The van der Waals surface area contributed by atoms with E-state index in [1.807, 2.05) is 0 Å². The van der Waals surface area contributed by atoms with Gasteiger partial charge in [-0.15, -0.1) is 0 Å². The van der Waals surface area contributed by atoms with Crippen molar-refractivity contribution >= 4 is 35.1 Å². The zero-order chi connectivity index (χ0) is 38.4. The highest BCUT2D eigenvalue weighted by Gasteiger charge is 2.30. The minimum Gasteiger partial charge on any atom is -0.492 e. The number of ether oxygens (including phenoxy) is 2. The van der Waals surface area contributed by atoms with Crippen LogP contribution in [0.1, 0.15) is 68.7 Å². The van der Waals surface area contributed by atoms with E-state index in [0.29, 0.717) is 22.6 Å². The SMILES string of the molecule is C=C(C)C(=O)NC(C)(C)C(=N)NCCOc1ccc(C(=O)C(C)(O)C/C=C\C(=O)NCC(=O)NCCOc2ccc(C(=O)C(C)(C)O)cc2)cc1. The second-order valence-corrected chi connectivity index (χ2v) is 13.1. The second-order valence-electron chi connectivity index (χ2n) is 13.1. The van der Waals surface area contributed by atoms with Gasteiger partial charge in [0.05, 0.1) is 25.2 Å². The maximum atomic E-state index is 12.9. The molecule has 3 amide bonds. The van der Waals surface area contributed by atoms with E-state index in [-0.39, 0.29) is 56.6 Å². The highest BCUT2D eigenvalue weighted by molar-refractivity contribution is 6.03. The van der Waals surface area contributed by atoms with Crippen LogP contribution in [0.4, 0.5) is 0 Å². The zero-order valence-electron chi connectivity index (χ0n) is 30.0. The molecule has 14 nitrogen and oxygen atoms in total. The molecule has 0 aromatic heterocycles. The number of Topliss-reactive ketones (excluding diaryl/α,β-unsaturated/α-hetero) is 2. The maximum Gasteiger partial charge on any atom is 0.247 e. The molecule has 0 bridgehead atoms. The molecule has 276 valence electrons. The molecule has 1 unspecified atom stereocenters. The van der Waals surface area contributed by atoms with Crippen molar-refractivity contribution in [2.75, 3.05) is 32.8 Å². The van der Waals surface area contributed by atoms with Crippen molar-refractivity contribution in [1.29, 1.82) is 5.41 Å². The quantitative estimate of drug-likeness (QED) is 0.0350. The van der Waals surface area contributed by atoms with E-state index >= 15 is 0 Å². The van der Waals surface area contributed by atoms with E-state index in [4.69, 9.17) is 14.9 Å². The molecule has 0 aliphatic heterocycles. The molecule has 0 radical (unpaired) electrons. The molecule has 14 heteroatoms. The van der Waals surface area contributed by atoms with Crippen LogP contribution < -0.4 is 30.7 Å². The first kappa shape index (κ1) is 41.8. The van der Waals surface area contributed by atoms with Crippen molar-refractivity contribution in [3.8, 4) is 11.5 Å². The number of hydrogen-bond donors (Lipinski definition) is 7. The third kappa shape index (κ3) is 14.2. The number of benzene rings is 2. The molecular formula is C37H49N5O9. The lowest BCUT2D eigenvalue weighted by atomic mass is 9.91. The van der Waals surface area contributed by atoms with E-state index in [0.717, 1.165) is 6.08 Å². The van der Waals surface area contributed by atoms with Gasteiger partial charge in [-0.05, 0) is 96.1 Å². The highest BCUT2D eigenvalue weighted by atomic mass is 16.5. The van der Waals surface area contributed by atoms with Crippen LogP contribution in [0, 0.1) is 5.41 Å². The predicted molar refractivity (Wildman–Crippen MR) is 192 cm³/mol. The van der Waals surface area contributed by atoms with Crippen LogP contribution in [0.15, 0.2) is 72.8 Å². The molecule has 51 heavy (non-hydrogen) atoms. The summed E-state index contributed by atoms with van der Waals surface area (Å²) in [6.45, 7) is 13.2. The summed E-state index contributed by atoms with van der Waals surface area (Å²) in [5.41, 5.74) is -3.30. The first-order valence-corrected chi connectivity index (χ1v) is 16.2. The van der Waals surface area contributed by atoms with Gasteiger partial charge in [-0.1, -0.05) is 12.7 Å². The van der Waals surface area contributed by atoms with Crippen LogP contribution in [0.3, 0.4) is 0 Å². The van der Waals surface area contributed by atoms with Crippen LogP contribution in [-0.2, 0) is 14.4 Å². The number of hydrogen-bond acceptors (Lipinski definition) is 10. The summed E-state index contributed by atoms with van der Waals surface area (Å²) in [6, 6.07) is 12.4. The number of carbonyl (C=O) groups excluding carboxylic acids is 5. The number of amides is 3. The molecule has 2 aromatic rings. The van der Waals surface area contributed by atoms with Crippen LogP contribution >= 0.6 is 0 Å². The van der Waals surface area contributed by atoms with E-state index in [1.165, 1.54) is 51.1 Å². The molecule has 0 saturated heterocycles. The first-order chi connectivity index (χ1) is 23.7. The van der Waals surface area contributed by atoms with Crippen LogP contribution in [0.5, 0.6) is 11.5 Å². The van der Waals surface area contributed by atoms with Crippen molar-refractivity contribution in [2.45, 2.75) is 64.7 Å². The molecule has 0 fully saturated rings. The van der Waals surface area contributed by atoms with E-state index in [1.54, 1.807) is 45.0 Å². The molecular weight excluding hydrogens is 658 g/mol. The highest BCUT2D eigenvalue weighted by Crippen LogP contribution is 2.21. The van der Waals surface area contributed by atoms with Crippen LogP contribution in [0.2, 0.25) is 0 Å². The fourth-order valence-electron chi connectivity index (χ4n) is 4.22. The summed E-state index contributed by atoms with van der Waals surface area (Å²) in [6.07, 6.45) is 2.31. The van der Waals surface area contributed by atoms with Gasteiger partial charge in [0.15, 0.2) is 11.6 Å². The standard InChI is InChI=1S/C37H49N5O9/c1-24(2)33(47)42-35(3,4)34(38)40-20-22-51-28-16-12-26(13-17-28)32(46)37(7,49)18-8-9-29(43)41-23-30(44)39-19-21-50-27-14-10-25(11-15-27)31(45)36(5,6)48/h8-17,48-49H,1,18-23H2,2-7H3,(H2,38,40)(H,39,44)(H,41,43)(H,42,47)/b9-8-. The number of amidine groups is 1. The number of rotatable bonds is 20. The Morgan fingerprint density at radius 2 is 1.27 bits per heavy atom. The molecule has 0 aliphatic rings. The monoisotopic (exact) mass is 707 g/mol. The number of ketones is 2. The Labute approximate surface area is 298 Å². The average molecular weight is 708 g/mol. The van der Waals surface area contributed by atoms with E-state index in [9.17, 15) is 34.2 Å². The van der Waals surface area contributed by atoms with Crippen LogP contribution in [0.25, 0.3) is 0 Å². The maximum absolute atomic E-state index is 12.9. The van der Waals surface area contributed by atoms with Gasteiger partial charge in [0, 0.05) is 23.1 Å². The fourth-order valence-corrected chi connectivity index (χ4v) is 4.22. The van der Waals surface area contributed by atoms with Crippen molar-refractivity contribution in [3.63, 3.8) is 0 Å². The summed E-state index contributed by atoms with van der Waals surface area (Å²) >= 11 is 0. The molecule has 0 aliphatic carbocycles. The van der Waals surface area contributed by atoms with Gasteiger partial charge in [-0.3, -0.25) is 29.4 Å². The third-order valence-electron chi connectivity index (χ3n) is 7.29. The van der Waals surface area contributed by atoms with Gasteiger partial charge in [0.1, 0.15) is 41.8 Å². The Balaban J connectivity index is 1.69. The summed E-state index contributed by atoms with van der Waals surface area (Å²) in [5, 5.41) is 39.4. The normalized spacial score (nSPS) is 12.6. The van der Waals surface area contributed by atoms with Crippen LogP contribution in [-0.4, -0.2) is 94.9 Å². The molecule has 0 saturated carbocycles. The smallest absolute Gasteiger partial charge is 0.247 e. The number of aliphatic hydroxyl groups is 2. The lowest BCUT2D eigenvalue weighted by Gasteiger charge is -2.28. The Morgan fingerprint density at radius 1 is 0.784 bits per heavy atom. The molecule has 2 rings (SSSR count). The number of nitrogens with one attached hydrogen (secondary N) is 5. The minimum atomic E-state index is -1.81. The second kappa shape index (κ2) is 18.6.